The van der Waals surface area contributed by atoms with E-state index in [9.17, 15) is 4.21 Å². The van der Waals surface area contributed by atoms with Crippen molar-refractivity contribution in [2.24, 2.45) is 0 Å². The van der Waals surface area contributed by atoms with Crippen LogP contribution in [-0.4, -0.2) is 38.3 Å². The average molecular weight is 268 g/mol. The second-order valence-corrected chi connectivity index (χ2v) is 6.18. The molecule has 100 valence electrons. The van der Waals surface area contributed by atoms with E-state index in [4.69, 9.17) is 0 Å². The summed E-state index contributed by atoms with van der Waals surface area (Å²) in [6.07, 6.45) is 4.55. The second kappa shape index (κ2) is 6.68. The predicted octanol–water partition coefficient (Wildman–Crippen LogP) is 1.62. The minimum Gasteiger partial charge on any atom is -0.370 e. The highest BCUT2D eigenvalue weighted by molar-refractivity contribution is 7.85. The lowest BCUT2D eigenvalue weighted by Gasteiger charge is -2.23. The molecule has 2 N–H and O–H groups in total. The van der Waals surface area contributed by atoms with Crippen LogP contribution in [0.1, 0.15) is 26.2 Å². The van der Waals surface area contributed by atoms with Gasteiger partial charge in [-0.05, 0) is 19.3 Å². The van der Waals surface area contributed by atoms with Gasteiger partial charge in [-0.25, -0.2) is 9.97 Å². The molecule has 18 heavy (non-hydrogen) atoms. The zero-order valence-electron chi connectivity index (χ0n) is 10.7. The first-order valence-electron chi connectivity index (χ1n) is 6.45. The van der Waals surface area contributed by atoms with Crippen molar-refractivity contribution in [1.29, 1.82) is 0 Å². The highest BCUT2D eigenvalue weighted by Crippen LogP contribution is 2.16. The van der Waals surface area contributed by atoms with Crippen LogP contribution in [0.4, 0.5) is 11.6 Å². The second-order valence-electron chi connectivity index (χ2n) is 4.48. The Bertz CT molecular complexity index is 403. The predicted molar refractivity (Wildman–Crippen MR) is 75.3 cm³/mol. The van der Waals surface area contributed by atoms with Gasteiger partial charge < -0.3 is 10.6 Å². The average Bonchev–Trinajstić information content (AvgIpc) is 2.40. The van der Waals surface area contributed by atoms with Gasteiger partial charge in [0.15, 0.2) is 0 Å². The van der Waals surface area contributed by atoms with E-state index in [0.717, 1.165) is 48.9 Å². The summed E-state index contributed by atoms with van der Waals surface area (Å²) in [6.45, 7) is 3.04. The summed E-state index contributed by atoms with van der Waals surface area (Å²) in [5.41, 5.74) is 0. The lowest BCUT2D eigenvalue weighted by molar-refractivity contribution is 0.622. The third-order valence-corrected chi connectivity index (χ3v) is 4.35. The molecule has 0 saturated carbocycles. The quantitative estimate of drug-likeness (QED) is 0.849. The fraction of sp³-hybridized carbons (Fsp3) is 0.667. The van der Waals surface area contributed by atoms with Gasteiger partial charge in [0, 0.05) is 41.0 Å². The normalized spacial score (nSPS) is 23.6. The first kappa shape index (κ1) is 13.3. The van der Waals surface area contributed by atoms with Gasteiger partial charge >= 0.3 is 0 Å². The molecule has 2 rings (SSSR count). The van der Waals surface area contributed by atoms with Crippen LogP contribution in [0.15, 0.2) is 12.4 Å². The van der Waals surface area contributed by atoms with Crippen LogP contribution in [0.25, 0.3) is 0 Å². The monoisotopic (exact) mass is 268 g/mol. The Morgan fingerprint density at radius 1 is 1.33 bits per heavy atom. The Hall–Kier alpha value is -1.17. The molecule has 1 aromatic rings. The molecule has 0 aromatic carbocycles. The molecule has 1 aromatic heterocycles. The third kappa shape index (κ3) is 3.94. The van der Waals surface area contributed by atoms with Crippen molar-refractivity contribution in [3.05, 3.63) is 12.4 Å². The number of hydrogen-bond acceptors (Lipinski definition) is 5. The summed E-state index contributed by atoms with van der Waals surface area (Å²) >= 11 is 0. The van der Waals surface area contributed by atoms with Crippen molar-refractivity contribution < 1.29 is 4.21 Å². The van der Waals surface area contributed by atoms with E-state index in [1.165, 1.54) is 0 Å². The number of nitrogens with zero attached hydrogens (tertiary/aromatic N) is 2. The fourth-order valence-electron chi connectivity index (χ4n) is 1.93. The zero-order chi connectivity index (χ0) is 12.8. The molecule has 0 unspecified atom stereocenters. The third-order valence-electron chi connectivity index (χ3n) is 2.96. The molecular weight excluding hydrogens is 248 g/mol. The number of hydrogen-bond donors (Lipinski definition) is 2. The number of anilines is 2. The first-order chi connectivity index (χ1) is 8.78. The SMILES string of the molecule is CCCNc1cc(NC2CCS(=O)CC2)ncn1. The topological polar surface area (TPSA) is 66.9 Å². The first-order valence-corrected chi connectivity index (χ1v) is 7.94. The highest BCUT2D eigenvalue weighted by Gasteiger charge is 2.17. The van der Waals surface area contributed by atoms with Crippen molar-refractivity contribution in [2.45, 2.75) is 32.2 Å². The molecular formula is C12H20N4OS. The molecule has 1 fully saturated rings. The van der Waals surface area contributed by atoms with E-state index >= 15 is 0 Å². The number of aromatic nitrogens is 2. The minimum atomic E-state index is -0.613. The van der Waals surface area contributed by atoms with Crippen LogP contribution in [-0.2, 0) is 10.8 Å². The summed E-state index contributed by atoms with van der Waals surface area (Å²) in [7, 11) is -0.613. The Morgan fingerprint density at radius 2 is 2.06 bits per heavy atom. The molecule has 0 amide bonds. The lowest BCUT2D eigenvalue weighted by Crippen LogP contribution is -2.29. The largest absolute Gasteiger partial charge is 0.370 e. The summed E-state index contributed by atoms with van der Waals surface area (Å²) in [6, 6.07) is 2.32. The molecule has 2 heterocycles. The smallest absolute Gasteiger partial charge is 0.131 e. The van der Waals surface area contributed by atoms with Crippen LogP contribution < -0.4 is 10.6 Å². The molecule has 1 aliphatic rings. The summed E-state index contributed by atoms with van der Waals surface area (Å²) < 4.78 is 11.3. The van der Waals surface area contributed by atoms with Gasteiger partial charge in [-0.3, -0.25) is 4.21 Å². The van der Waals surface area contributed by atoms with Gasteiger partial charge in [0.2, 0.25) is 0 Å². The standard InChI is InChI=1S/C12H20N4OS/c1-2-5-13-11-8-12(15-9-14-11)16-10-3-6-18(17)7-4-10/h8-10H,2-7H2,1H3,(H2,13,14,15,16). The molecule has 0 bridgehead atoms. The zero-order valence-corrected chi connectivity index (χ0v) is 11.5. The van der Waals surface area contributed by atoms with Gasteiger partial charge in [-0.15, -0.1) is 0 Å². The molecule has 0 atom stereocenters. The minimum absolute atomic E-state index is 0.386. The summed E-state index contributed by atoms with van der Waals surface area (Å²) in [4.78, 5) is 8.39. The van der Waals surface area contributed by atoms with E-state index in [1.54, 1.807) is 6.33 Å². The Kier molecular flexibility index (Phi) is 4.92. The van der Waals surface area contributed by atoms with Gasteiger partial charge in [0.25, 0.3) is 0 Å². The van der Waals surface area contributed by atoms with Crippen molar-refractivity contribution >= 4 is 22.4 Å². The molecule has 0 radical (unpaired) electrons. The van der Waals surface area contributed by atoms with Gasteiger partial charge in [-0.2, -0.15) is 0 Å². The molecule has 6 heteroatoms. The number of nitrogens with one attached hydrogen (secondary N) is 2. The van der Waals surface area contributed by atoms with E-state index in [-0.39, 0.29) is 0 Å². The van der Waals surface area contributed by atoms with Crippen LogP contribution >= 0.6 is 0 Å². The summed E-state index contributed by atoms with van der Waals surface area (Å²) in [5.74, 6) is 3.29. The number of rotatable bonds is 5. The highest BCUT2D eigenvalue weighted by atomic mass is 32.2. The Labute approximate surface area is 110 Å². The Morgan fingerprint density at radius 3 is 2.78 bits per heavy atom. The molecule has 1 aliphatic heterocycles. The molecule has 1 saturated heterocycles. The van der Waals surface area contributed by atoms with E-state index in [1.807, 2.05) is 6.07 Å². The molecule has 5 nitrogen and oxygen atoms in total. The van der Waals surface area contributed by atoms with E-state index < -0.39 is 10.8 Å². The molecule has 0 aliphatic carbocycles. The van der Waals surface area contributed by atoms with Gasteiger partial charge in [0.05, 0.1) is 0 Å². The van der Waals surface area contributed by atoms with Gasteiger partial charge in [0.1, 0.15) is 18.0 Å². The van der Waals surface area contributed by atoms with Crippen molar-refractivity contribution in [3.63, 3.8) is 0 Å². The molecule has 0 spiro atoms. The van der Waals surface area contributed by atoms with Crippen LogP contribution in [0.3, 0.4) is 0 Å². The fourth-order valence-corrected chi connectivity index (χ4v) is 3.23. The maximum atomic E-state index is 11.3. The summed E-state index contributed by atoms with van der Waals surface area (Å²) in [5, 5.41) is 6.63. The lowest BCUT2D eigenvalue weighted by atomic mass is 10.1. The maximum Gasteiger partial charge on any atom is 0.131 e. The van der Waals surface area contributed by atoms with Crippen molar-refractivity contribution in [3.8, 4) is 0 Å². The van der Waals surface area contributed by atoms with E-state index in [0.29, 0.717) is 6.04 Å². The van der Waals surface area contributed by atoms with Crippen LogP contribution in [0.2, 0.25) is 0 Å². The van der Waals surface area contributed by atoms with Crippen LogP contribution in [0.5, 0.6) is 0 Å². The van der Waals surface area contributed by atoms with Crippen molar-refractivity contribution in [1.82, 2.24) is 9.97 Å². The van der Waals surface area contributed by atoms with Crippen molar-refractivity contribution in [2.75, 3.05) is 28.7 Å². The van der Waals surface area contributed by atoms with E-state index in [2.05, 4.69) is 27.5 Å². The maximum absolute atomic E-state index is 11.3. The Balaban J connectivity index is 1.90. The van der Waals surface area contributed by atoms with Gasteiger partial charge in [-0.1, -0.05) is 6.92 Å². The van der Waals surface area contributed by atoms with Crippen LogP contribution in [0, 0.1) is 0 Å².